The number of nitrogens with one attached hydrogen (secondary N) is 2. The van der Waals surface area contributed by atoms with Gasteiger partial charge in [-0.3, -0.25) is 0 Å². The second-order valence-corrected chi connectivity index (χ2v) is 20.2. The Morgan fingerprint density at radius 1 is 0.339 bits per heavy atom. The molecule has 0 aliphatic rings. The molecule has 0 amide bonds. The van der Waals surface area contributed by atoms with Gasteiger partial charge in [0.2, 0.25) is 11.6 Å². The second-order valence-electron chi connectivity index (χ2n) is 16.1. The number of benzene rings is 7. The Balaban J connectivity index is 1.44. The topological polar surface area (TPSA) is 109 Å². The lowest BCUT2D eigenvalue weighted by Crippen LogP contribution is -2.32. The molecule has 0 radical (unpaired) electrons. The summed E-state index contributed by atoms with van der Waals surface area (Å²) in [5.74, 6) is 1.14. The highest BCUT2D eigenvalue weighted by Gasteiger charge is 2.32. The van der Waals surface area contributed by atoms with E-state index < -0.39 is 15.8 Å². The summed E-state index contributed by atoms with van der Waals surface area (Å²) in [5, 5.41) is 38.3. The van der Waals surface area contributed by atoms with Crippen LogP contribution in [-0.4, -0.2) is 41.2 Å². The third-order valence-electron chi connectivity index (χ3n) is 11.8. The molecule has 0 aliphatic carbocycles. The van der Waals surface area contributed by atoms with E-state index in [4.69, 9.17) is 0 Å². The molecule has 2 N–H and O–H groups in total. The number of aryl methyl sites for hydroxylation is 8. The van der Waals surface area contributed by atoms with E-state index in [-0.39, 0.29) is 0 Å². The summed E-state index contributed by atoms with van der Waals surface area (Å²) in [7, 11) is -2.18. The minimum absolute atomic E-state index is 0.568. The van der Waals surface area contributed by atoms with Gasteiger partial charge < -0.3 is 0 Å². The van der Waals surface area contributed by atoms with E-state index in [0.717, 1.165) is 22.3 Å². The summed E-state index contributed by atoms with van der Waals surface area (Å²) in [6, 6.07) is 49.5. The normalized spacial score (nSPS) is 11.5. The van der Waals surface area contributed by atoms with Crippen molar-refractivity contribution in [3.63, 3.8) is 0 Å². The molecule has 9 rings (SSSR count). The number of hydrogen-bond acceptors (Lipinski definition) is 6. The molecule has 10 heteroatoms. The van der Waals surface area contributed by atoms with Crippen molar-refractivity contribution in [3.05, 3.63) is 178 Å². The summed E-state index contributed by atoms with van der Waals surface area (Å²) in [6.07, 6.45) is 0. The van der Waals surface area contributed by atoms with Crippen LogP contribution in [0.3, 0.4) is 0 Å². The lowest BCUT2D eigenvalue weighted by atomic mass is 9.98. The zero-order valence-corrected chi connectivity index (χ0v) is 38.1. The first-order valence-corrected chi connectivity index (χ1v) is 23.5. The van der Waals surface area contributed by atoms with Crippen LogP contribution in [-0.2, 0) is 0 Å². The van der Waals surface area contributed by atoms with Crippen LogP contribution >= 0.6 is 15.8 Å². The summed E-state index contributed by atoms with van der Waals surface area (Å²) in [4.78, 5) is 0. The van der Waals surface area contributed by atoms with Crippen LogP contribution in [0.5, 0.6) is 0 Å². The molecular weight excluding hydrogens is 799 g/mol. The molecule has 0 atom stereocenters. The molecule has 7 aromatic carbocycles. The van der Waals surface area contributed by atoms with Crippen LogP contribution in [0.1, 0.15) is 44.5 Å². The van der Waals surface area contributed by atoms with Crippen molar-refractivity contribution in [2.24, 2.45) is 0 Å². The van der Waals surface area contributed by atoms with E-state index in [1.807, 2.05) is 0 Å². The van der Waals surface area contributed by atoms with Crippen molar-refractivity contribution in [1.29, 1.82) is 0 Å². The summed E-state index contributed by atoms with van der Waals surface area (Å²) < 4.78 is 0. The molecule has 0 fully saturated rings. The molecule has 0 saturated carbocycles. The van der Waals surface area contributed by atoms with E-state index in [0.29, 0.717) is 11.6 Å². The fourth-order valence-electron chi connectivity index (χ4n) is 8.91. The first kappa shape index (κ1) is 40.9. The van der Waals surface area contributed by atoms with Crippen molar-refractivity contribution in [2.75, 3.05) is 0 Å². The number of aromatic amines is 2. The third-order valence-corrected chi connectivity index (χ3v) is 18.2. The van der Waals surface area contributed by atoms with E-state index in [1.165, 1.54) is 87.5 Å². The Bertz CT molecular complexity index is 2660. The average Bonchev–Trinajstić information content (AvgIpc) is 4.01. The second kappa shape index (κ2) is 17.1. The molecule has 0 bridgehead atoms. The standard InChI is InChI=1S/C52H48N8P2/c1-31-13-9-14-32(2)47(31)61(48-33(3)15-10-16-34(48)4)45-29-44(40-23-27-42(28-24-40)52-55-59-60-56-52)46(30-43(45)39-21-25-41(26-22-39)51-53-57-58-54-51)62(49-35(5)17-11-18-36(49)6)50-37(7)19-12-20-38(50)8/h9-30H,1-8H3,(H,53,54,57,58)(H,55,56,59,60). The van der Waals surface area contributed by atoms with Gasteiger partial charge in [-0.05, 0) is 192 Å². The maximum absolute atomic E-state index is 4.30. The molecule has 306 valence electrons. The predicted molar refractivity (Wildman–Crippen MR) is 259 cm³/mol. The highest BCUT2D eigenvalue weighted by Crippen LogP contribution is 2.47. The van der Waals surface area contributed by atoms with E-state index in [9.17, 15) is 0 Å². The van der Waals surface area contributed by atoms with Crippen LogP contribution in [0.25, 0.3) is 45.0 Å². The van der Waals surface area contributed by atoms with Gasteiger partial charge in [-0.25, -0.2) is 0 Å². The third kappa shape index (κ3) is 7.59. The minimum atomic E-state index is -1.09. The number of tetrazole rings is 2. The summed E-state index contributed by atoms with van der Waals surface area (Å²) in [5.41, 5.74) is 16.8. The SMILES string of the molecule is Cc1cccc(C)c1P(c1cc(-c2ccc(-c3nn[nH]n3)cc2)c(P(c2c(C)cccc2C)c2c(C)cccc2C)cc1-c1ccc(-c2nn[nH]n2)cc1)c1c(C)cccc1C. The minimum Gasteiger partial charge on any atom is -0.177 e. The molecule has 8 nitrogen and oxygen atoms in total. The number of nitrogens with zero attached hydrogens (tertiary/aromatic N) is 6. The highest BCUT2D eigenvalue weighted by atomic mass is 31.1. The smallest absolute Gasteiger partial charge is 0.177 e. The Labute approximate surface area is 365 Å². The lowest BCUT2D eigenvalue weighted by molar-refractivity contribution is 0.881. The van der Waals surface area contributed by atoms with Crippen molar-refractivity contribution < 1.29 is 0 Å². The van der Waals surface area contributed by atoms with Gasteiger partial charge in [0.15, 0.2) is 0 Å². The molecule has 2 aromatic heterocycles. The van der Waals surface area contributed by atoms with Gasteiger partial charge in [-0.15, -0.1) is 20.4 Å². The van der Waals surface area contributed by atoms with Crippen LogP contribution in [0.4, 0.5) is 0 Å². The Hall–Kier alpha value is -6.46. The van der Waals surface area contributed by atoms with Gasteiger partial charge in [0, 0.05) is 11.1 Å². The van der Waals surface area contributed by atoms with Crippen molar-refractivity contribution in [1.82, 2.24) is 41.2 Å². The Morgan fingerprint density at radius 2 is 0.597 bits per heavy atom. The first-order valence-electron chi connectivity index (χ1n) is 20.8. The Morgan fingerprint density at radius 3 is 0.839 bits per heavy atom. The lowest BCUT2D eigenvalue weighted by Gasteiger charge is -2.32. The van der Waals surface area contributed by atoms with E-state index in [2.05, 4.69) is 230 Å². The van der Waals surface area contributed by atoms with Gasteiger partial charge in [0.1, 0.15) is 0 Å². The Kier molecular flexibility index (Phi) is 11.3. The highest BCUT2D eigenvalue weighted by molar-refractivity contribution is 7.81. The van der Waals surface area contributed by atoms with Gasteiger partial charge >= 0.3 is 0 Å². The van der Waals surface area contributed by atoms with Gasteiger partial charge in [0.05, 0.1) is 0 Å². The number of H-pyrrole nitrogens is 2. The fraction of sp³-hybridized carbons (Fsp3) is 0.154. The maximum atomic E-state index is 4.30. The largest absolute Gasteiger partial charge is 0.204 e. The molecule has 0 spiro atoms. The zero-order chi connectivity index (χ0) is 43.1. The molecule has 9 aromatic rings. The number of aromatic nitrogens is 8. The maximum Gasteiger partial charge on any atom is 0.204 e. The number of hydrogen-bond donors (Lipinski definition) is 2. The quantitative estimate of drug-likeness (QED) is 0.133. The average molecular weight is 847 g/mol. The molecular formula is C52H48N8P2. The van der Waals surface area contributed by atoms with Gasteiger partial charge in [-0.1, -0.05) is 121 Å². The molecule has 0 unspecified atom stereocenters. The molecule has 0 aliphatic heterocycles. The molecule has 62 heavy (non-hydrogen) atoms. The molecule has 0 saturated heterocycles. The van der Waals surface area contributed by atoms with Crippen LogP contribution in [0.2, 0.25) is 0 Å². The van der Waals surface area contributed by atoms with Crippen LogP contribution < -0.4 is 31.8 Å². The van der Waals surface area contributed by atoms with Crippen molar-refractivity contribution >= 4 is 47.7 Å². The predicted octanol–water partition coefficient (Wildman–Crippen LogP) is 9.36. The van der Waals surface area contributed by atoms with E-state index in [1.54, 1.807) is 0 Å². The van der Waals surface area contributed by atoms with Crippen LogP contribution in [0.15, 0.2) is 133 Å². The van der Waals surface area contributed by atoms with Crippen molar-refractivity contribution in [3.8, 4) is 45.0 Å². The molecule has 2 heterocycles. The fourth-order valence-corrected chi connectivity index (χ4v) is 15.1. The summed E-state index contributed by atoms with van der Waals surface area (Å²) >= 11 is 0. The van der Waals surface area contributed by atoms with Crippen LogP contribution in [0, 0.1) is 55.4 Å². The van der Waals surface area contributed by atoms with Gasteiger partial charge in [0.25, 0.3) is 0 Å². The van der Waals surface area contributed by atoms with E-state index >= 15 is 0 Å². The van der Waals surface area contributed by atoms with Gasteiger partial charge in [-0.2, -0.15) is 10.4 Å². The van der Waals surface area contributed by atoms with Crippen molar-refractivity contribution in [2.45, 2.75) is 55.4 Å². The first-order chi connectivity index (χ1) is 30.1. The monoisotopic (exact) mass is 846 g/mol. The zero-order valence-electron chi connectivity index (χ0n) is 36.3. The summed E-state index contributed by atoms with van der Waals surface area (Å²) in [6.45, 7) is 18.2. The number of rotatable bonds is 10.